The van der Waals surface area contributed by atoms with Crippen LogP contribution in [0, 0.1) is 0 Å². The summed E-state index contributed by atoms with van der Waals surface area (Å²) in [5.41, 5.74) is 3.94. The van der Waals surface area contributed by atoms with Gasteiger partial charge in [-0.2, -0.15) is 0 Å². The third-order valence-corrected chi connectivity index (χ3v) is 3.28. The summed E-state index contributed by atoms with van der Waals surface area (Å²) in [4.78, 5) is 16.8. The molecule has 3 aromatic heterocycles. The van der Waals surface area contributed by atoms with Gasteiger partial charge in [0.15, 0.2) is 5.82 Å². The standard InChI is InChI=1S/C15H17N5/c1-3-11-13-10(8-16-2)9-18-15(13)20-14(19-11)12-6-4-5-7-17-12/h4-7,9,16H,3,8H2,1-2H3,(H,18,19,20). The summed E-state index contributed by atoms with van der Waals surface area (Å²) in [5.74, 6) is 0.674. The molecular formula is C15H17N5. The van der Waals surface area contributed by atoms with E-state index in [2.05, 4.69) is 32.2 Å². The van der Waals surface area contributed by atoms with Gasteiger partial charge >= 0.3 is 0 Å². The summed E-state index contributed by atoms with van der Waals surface area (Å²) >= 11 is 0. The molecule has 0 atom stereocenters. The fourth-order valence-corrected chi connectivity index (χ4v) is 2.37. The Morgan fingerprint density at radius 2 is 2.15 bits per heavy atom. The summed E-state index contributed by atoms with van der Waals surface area (Å²) in [5, 5.41) is 4.30. The van der Waals surface area contributed by atoms with Crippen molar-refractivity contribution in [2.45, 2.75) is 19.9 Å². The van der Waals surface area contributed by atoms with Crippen LogP contribution < -0.4 is 5.32 Å². The lowest BCUT2D eigenvalue weighted by molar-refractivity contribution is 0.822. The Morgan fingerprint density at radius 3 is 2.85 bits per heavy atom. The number of aryl methyl sites for hydroxylation is 1. The van der Waals surface area contributed by atoms with Crippen LogP contribution >= 0.6 is 0 Å². The molecule has 0 amide bonds. The van der Waals surface area contributed by atoms with Gasteiger partial charge in [0.05, 0.1) is 5.69 Å². The third-order valence-electron chi connectivity index (χ3n) is 3.28. The Balaban J connectivity index is 2.19. The van der Waals surface area contributed by atoms with Crippen LogP contribution in [-0.4, -0.2) is 27.0 Å². The van der Waals surface area contributed by atoms with Gasteiger partial charge in [0, 0.05) is 24.3 Å². The molecule has 0 unspecified atom stereocenters. The van der Waals surface area contributed by atoms with Crippen molar-refractivity contribution >= 4 is 11.0 Å². The van der Waals surface area contributed by atoms with Gasteiger partial charge < -0.3 is 10.3 Å². The molecule has 0 spiro atoms. The van der Waals surface area contributed by atoms with E-state index in [0.29, 0.717) is 5.82 Å². The molecule has 0 fully saturated rings. The maximum atomic E-state index is 4.68. The molecule has 102 valence electrons. The molecule has 0 aliphatic carbocycles. The lowest BCUT2D eigenvalue weighted by Gasteiger charge is -2.06. The van der Waals surface area contributed by atoms with Crippen LogP contribution in [-0.2, 0) is 13.0 Å². The van der Waals surface area contributed by atoms with Gasteiger partial charge in [-0.3, -0.25) is 4.98 Å². The van der Waals surface area contributed by atoms with Crippen molar-refractivity contribution in [3.63, 3.8) is 0 Å². The van der Waals surface area contributed by atoms with Crippen LogP contribution in [0.3, 0.4) is 0 Å². The molecule has 0 saturated heterocycles. The maximum Gasteiger partial charge on any atom is 0.180 e. The van der Waals surface area contributed by atoms with Crippen LogP contribution in [0.5, 0.6) is 0 Å². The number of H-pyrrole nitrogens is 1. The van der Waals surface area contributed by atoms with Crippen molar-refractivity contribution in [2.75, 3.05) is 7.05 Å². The second kappa shape index (κ2) is 5.38. The zero-order chi connectivity index (χ0) is 13.9. The van der Waals surface area contributed by atoms with Gasteiger partial charge in [-0.05, 0) is 31.2 Å². The highest BCUT2D eigenvalue weighted by molar-refractivity contribution is 5.83. The number of aromatic nitrogens is 4. The van der Waals surface area contributed by atoms with Gasteiger partial charge in [-0.1, -0.05) is 13.0 Å². The number of hydrogen-bond donors (Lipinski definition) is 2. The Morgan fingerprint density at radius 1 is 1.25 bits per heavy atom. The highest BCUT2D eigenvalue weighted by atomic mass is 15.0. The smallest absolute Gasteiger partial charge is 0.180 e. The van der Waals surface area contributed by atoms with Crippen LogP contribution in [0.15, 0.2) is 30.6 Å². The topological polar surface area (TPSA) is 66.5 Å². The van der Waals surface area contributed by atoms with Gasteiger partial charge in [0.2, 0.25) is 0 Å². The second-order valence-corrected chi connectivity index (χ2v) is 4.63. The molecule has 3 aromatic rings. The first-order valence-electron chi connectivity index (χ1n) is 6.76. The Kier molecular flexibility index (Phi) is 3.43. The highest BCUT2D eigenvalue weighted by Crippen LogP contribution is 2.23. The van der Waals surface area contributed by atoms with Gasteiger partial charge in [-0.15, -0.1) is 0 Å². The molecule has 0 aromatic carbocycles. The number of rotatable bonds is 4. The molecule has 0 radical (unpaired) electrons. The third kappa shape index (κ3) is 2.16. The van der Waals surface area contributed by atoms with Crippen molar-refractivity contribution in [3.8, 4) is 11.5 Å². The molecule has 3 heterocycles. The number of hydrogen-bond acceptors (Lipinski definition) is 4. The minimum absolute atomic E-state index is 0.674. The average Bonchev–Trinajstić information content (AvgIpc) is 2.91. The monoisotopic (exact) mass is 267 g/mol. The summed E-state index contributed by atoms with van der Waals surface area (Å²) in [6, 6.07) is 5.77. The number of aromatic amines is 1. The van der Waals surface area contributed by atoms with Crippen molar-refractivity contribution in [1.82, 2.24) is 25.3 Å². The largest absolute Gasteiger partial charge is 0.346 e. The van der Waals surface area contributed by atoms with E-state index in [0.717, 1.165) is 35.4 Å². The van der Waals surface area contributed by atoms with E-state index in [4.69, 9.17) is 0 Å². The SMILES string of the molecule is CCc1nc(-c2ccccn2)nc2[nH]cc(CNC)c12. The number of pyridine rings is 1. The number of fused-ring (bicyclic) bond motifs is 1. The Labute approximate surface area is 117 Å². The molecule has 20 heavy (non-hydrogen) atoms. The fraction of sp³-hybridized carbons (Fsp3) is 0.267. The molecule has 5 heteroatoms. The van der Waals surface area contributed by atoms with Crippen LogP contribution in [0.1, 0.15) is 18.2 Å². The van der Waals surface area contributed by atoms with Crippen LogP contribution in [0.4, 0.5) is 0 Å². The van der Waals surface area contributed by atoms with Crippen LogP contribution in [0.25, 0.3) is 22.6 Å². The van der Waals surface area contributed by atoms with Crippen molar-refractivity contribution in [3.05, 3.63) is 41.9 Å². The first-order valence-corrected chi connectivity index (χ1v) is 6.76. The molecule has 0 aliphatic heterocycles. The first-order chi connectivity index (χ1) is 9.83. The zero-order valence-corrected chi connectivity index (χ0v) is 11.6. The molecule has 3 rings (SSSR count). The number of nitrogens with zero attached hydrogens (tertiary/aromatic N) is 3. The molecular weight excluding hydrogens is 250 g/mol. The van der Waals surface area contributed by atoms with E-state index in [-0.39, 0.29) is 0 Å². The molecule has 0 aliphatic rings. The Hall–Kier alpha value is -2.27. The summed E-state index contributed by atoms with van der Waals surface area (Å²) in [6.07, 6.45) is 4.63. The minimum Gasteiger partial charge on any atom is -0.346 e. The minimum atomic E-state index is 0.674. The number of nitrogens with one attached hydrogen (secondary N) is 2. The van der Waals surface area contributed by atoms with Crippen LogP contribution in [0.2, 0.25) is 0 Å². The molecule has 5 nitrogen and oxygen atoms in total. The quantitative estimate of drug-likeness (QED) is 0.761. The molecule has 0 bridgehead atoms. The van der Waals surface area contributed by atoms with E-state index in [1.807, 2.05) is 31.4 Å². The van der Waals surface area contributed by atoms with E-state index < -0.39 is 0 Å². The fourth-order valence-electron chi connectivity index (χ4n) is 2.37. The van der Waals surface area contributed by atoms with Gasteiger partial charge in [0.1, 0.15) is 11.3 Å². The molecule has 0 saturated carbocycles. The van der Waals surface area contributed by atoms with Crippen molar-refractivity contribution < 1.29 is 0 Å². The highest BCUT2D eigenvalue weighted by Gasteiger charge is 2.13. The van der Waals surface area contributed by atoms with Crippen molar-refractivity contribution in [1.29, 1.82) is 0 Å². The summed E-state index contributed by atoms with van der Waals surface area (Å²) < 4.78 is 0. The molecule has 2 N–H and O–H groups in total. The van der Waals surface area contributed by atoms with Gasteiger partial charge in [0.25, 0.3) is 0 Å². The normalized spacial score (nSPS) is 11.1. The van der Waals surface area contributed by atoms with Gasteiger partial charge in [-0.25, -0.2) is 9.97 Å². The van der Waals surface area contributed by atoms with E-state index in [1.54, 1.807) is 6.20 Å². The Bertz CT molecular complexity index is 718. The lowest BCUT2D eigenvalue weighted by atomic mass is 10.1. The maximum absolute atomic E-state index is 4.68. The first kappa shape index (κ1) is 12.7. The van der Waals surface area contributed by atoms with E-state index in [1.165, 1.54) is 5.56 Å². The van der Waals surface area contributed by atoms with E-state index >= 15 is 0 Å². The lowest BCUT2D eigenvalue weighted by Crippen LogP contribution is -2.05. The summed E-state index contributed by atoms with van der Waals surface area (Å²) in [6.45, 7) is 2.92. The predicted molar refractivity (Wildman–Crippen MR) is 79.3 cm³/mol. The predicted octanol–water partition coefficient (Wildman–Crippen LogP) is 2.30. The second-order valence-electron chi connectivity index (χ2n) is 4.63. The summed E-state index contributed by atoms with van der Waals surface area (Å²) in [7, 11) is 1.94. The van der Waals surface area contributed by atoms with E-state index in [9.17, 15) is 0 Å². The van der Waals surface area contributed by atoms with Crippen molar-refractivity contribution in [2.24, 2.45) is 0 Å². The zero-order valence-electron chi connectivity index (χ0n) is 11.6. The average molecular weight is 267 g/mol.